The van der Waals surface area contributed by atoms with Gasteiger partial charge >= 0.3 is 0 Å². The van der Waals surface area contributed by atoms with Crippen LogP contribution in [0.3, 0.4) is 0 Å². The fourth-order valence-corrected chi connectivity index (χ4v) is 2.40. The summed E-state index contributed by atoms with van der Waals surface area (Å²) in [4.78, 5) is 2.25. The number of rotatable bonds is 9. The lowest BCUT2D eigenvalue weighted by Gasteiger charge is -2.16. The van der Waals surface area contributed by atoms with Crippen LogP contribution in [0.25, 0.3) is 0 Å². The van der Waals surface area contributed by atoms with Crippen LogP contribution in [0.5, 0.6) is 0 Å². The molecule has 0 aliphatic rings. The first-order valence-electron chi connectivity index (χ1n) is 7.96. The van der Waals surface area contributed by atoms with Crippen LogP contribution in [-0.2, 0) is 6.42 Å². The first-order chi connectivity index (χ1) is 9.49. The highest BCUT2D eigenvalue weighted by molar-refractivity contribution is 5.25. The van der Waals surface area contributed by atoms with E-state index in [1.54, 1.807) is 0 Å². The van der Waals surface area contributed by atoms with E-state index in [1.807, 2.05) is 0 Å². The second-order valence-corrected chi connectivity index (χ2v) is 6.53. The molecule has 114 valence electrons. The summed E-state index contributed by atoms with van der Waals surface area (Å²) >= 11 is 0. The maximum atomic E-state index is 3.61. The van der Waals surface area contributed by atoms with E-state index < -0.39 is 0 Å². The van der Waals surface area contributed by atoms with Crippen LogP contribution in [0, 0.1) is 5.92 Å². The van der Waals surface area contributed by atoms with E-state index in [1.165, 1.54) is 36.9 Å². The lowest BCUT2D eigenvalue weighted by atomic mass is 10.00. The molecule has 0 saturated heterocycles. The van der Waals surface area contributed by atoms with E-state index in [2.05, 4.69) is 69.3 Å². The van der Waals surface area contributed by atoms with Crippen LogP contribution in [-0.4, -0.2) is 32.1 Å². The van der Waals surface area contributed by atoms with Crippen molar-refractivity contribution in [2.24, 2.45) is 5.92 Å². The predicted octanol–water partition coefficient (Wildman–Crippen LogP) is 3.88. The average molecular weight is 276 g/mol. The fourth-order valence-electron chi connectivity index (χ4n) is 2.40. The van der Waals surface area contributed by atoms with Crippen LogP contribution >= 0.6 is 0 Å². The maximum Gasteiger partial charge on any atom is 0.0291 e. The highest BCUT2D eigenvalue weighted by Crippen LogP contribution is 2.15. The molecule has 0 heterocycles. The fraction of sp³-hybridized carbons (Fsp3) is 0.667. The SMILES string of the molecule is CC(C)Cc1ccc(C(C)NCCCCN(C)C)cc1. The summed E-state index contributed by atoms with van der Waals surface area (Å²) in [7, 11) is 4.27. The Morgan fingerprint density at radius 3 is 2.20 bits per heavy atom. The second-order valence-electron chi connectivity index (χ2n) is 6.53. The van der Waals surface area contributed by atoms with E-state index in [0.29, 0.717) is 6.04 Å². The Balaban J connectivity index is 2.30. The summed E-state index contributed by atoms with van der Waals surface area (Å²) in [5, 5.41) is 3.61. The normalized spacial score (nSPS) is 13.2. The molecule has 0 fully saturated rings. The first-order valence-corrected chi connectivity index (χ1v) is 7.96. The zero-order valence-corrected chi connectivity index (χ0v) is 13.9. The third-order valence-electron chi connectivity index (χ3n) is 3.61. The summed E-state index contributed by atoms with van der Waals surface area (Å²) in [6.45, 7) is 9.07. The average Bonchev–Trinajstić information content (AvgIpc) is 2.38. The molecule has 1 atom stereocenters. The van der Waals surface area contributed by atoms with Gasteiger partial charge in [0.1, 0.15) is 0 Å². The van der Waals surface area contributed by atoms with Gasteiger partial charge < -0.3 is 10.2 Å². The summed E-state index contributed by atoms with van der Waals surface area (Å²) in [5.41, 5.74) is 2.84. The van der Waals surface area contributed by atoms with Crippen molar-refractivity contribution in [1.29, 1.82) is 0 Å². The molecule has 0 amide bonds. The Morgan fingerprint density at radius 1 is 1.00 bits per heavy atom. The lowest BCUT2D eigenvalue weighted by molar-refractivity contribution is 0.389. The van der Waals surface area contributed by atoms with Gasteiger partial charge in [-0.25, -0.2) is 0 Å². The van der Waals surface area contributed by atoms with Gasteiger partial charge in [-0.1, -0.05) is 38.1 Å². The van der Waals surface area contributed by atoms with Crippen LogP contribution in [0.1, 0.15) is 50.8 Å². The molecule has 1 N–H and O–H groups in total. The molecule has 2 heteroatoms. The van der Waals surface area contributed by atoms with E-state index in [-0.39, 0.29) is 0 Å². The number of nitrogens with zero attached hydrogens (tertiary/aromatic N) is 1. The molecule has 1 rings (SSSR count). The maximum absolute atomic E-state index is 3.61. The van der Waals surface area contributed by atoms with Gasteiger partial charge in [-0.3, -0.25) is 0 Å². The van der Waals surface area contributed by atoms with Gasteiger partial charge in [-0.2, -0.15) is 0 Å². The summed E-state index contributed by atoms with van der Waals surface area (Å²) in [6, 6.07) is 9.55. The topological polar surface area (TPSA) is 15.3 Å². The van der Waals surface area contributed by atoms with Crippen molar-refractivity contribution in [3.8, 4) is 0 Å². The van der Waals surface area contributed by atoms with Gasteiger partial charge in [-0.05, 0) is 70.4 Å². The molecule has 20 heavy (non-hydrogen) atoms. The van der Waals surface area contributed by atoms with Gasteiger partial charge in [-0.15, -0.1) is 0 Å². The van der Waals surface area contributed by atoms with Crippen molar-refractivity contribution in [2.45, 2.75) is 46.1 Å². The predicted molar refractivity (Wildman–Crippen MR) is 89.2 cm³/mol. The number of nitrogens with one attached hydrogen (secondary N) is 1. The third kappa shape index (κ3) is 7.06. The van der Waals surface area contributed by atoms with Crippen LogP contribution < -0.4 is 5.32 Å². The number of hydrogen-bond donors (Lipinski definition) is 1. The lowest BCUT2D eigenvalue weighted by Crippen LogP contribution is -2.21. The highest BCUT2D eigenvalue weighted by atomic mass is 15.0. The van der Waals surface area contributed by atoms with Gasteiger partial charge in [0.2, 0.25) is 0 Å². The van der Waals surface area contributed by atoms with Crippen LogP contribution in [0.15, 0.2) is 24.3 Å². The summed E-state index contributed by atoms with van der Waals surface area (Å²) < 4.78 is 0. The van der Waals surface area contributed by atoms with E-state index in [4.69, 9.17) is 0 Å². The quantitative estimate of drug-likeness (QED) is 0.689. The highest BCUT2D eigenvalue weighted by Gasteiger charge is 2.05. The molecule has 0 aliphatic carbocycles. The molecule has 0 spiro atoms. The minimum Gasteiger partial charge on any atom is -0.310 e. The Kier molecular flexibility index (Phi) is 7.86. The summed E-state index contributed by atoms with van der Waals surface area (Å²) in [6.07, 6.45) is 3.68. The van der Waals surface area contributed by atoms with Crippen molar-refractivity contribution in [3.63, 3.8) is 0 Å². The largest absolute Gasteiger partial charge is 0.310 e. The molecule has 1 unspecified atom stereocenters. The minimum absolute atomic E-state index is 0.447. The second kappa shape index (κ2) is 9.15. The molecule has 1 aromatic rings. The molecule has 0 radical (unpaired) electrons. The van der Waals surface area contributed by atoms with Crippen molar-refractivity contribution in [2.75, 3.05) is 27.2 Å². The molecule has 0 aromatic heterocycles. The zero-order chi connectivity index (χ0) is 15.0. The molecule has 1 aromatic carbocycles. The number of unbranched alkanes of at least 4 members (excludes halogenated alkanes) is 1. The first kappa shape index (κ1) is 17.2. The summed E-state index contributed by atoms with van der Waals surface area (Å²) in [5.74, 6) is 0.730. The molecule has 0 bridgehead atoms. The monoisotopic (exact) mass is 276 g/mol. The van der Waals surface area contributed by atoms with Gasteiger partial charge in [0.25, 0.3) is 0 Å². The Hall–Kier alpha value is -0.860. The van der Waals surface area contributed by atoms with Crippen molar-refractivity contribution in [1.82, 2.24) is 10.2 Å². The number of hydrogen-bond acceptors (Lipinski definition) is 2. The Bertz CT molecular complexity index is 354. The van der Waals surface area contributed by atoms with Gasteiger partial charge in [0.15, 0.2) is 0 Å². The van der Waals surface area contributed by atoms with Crippen molar-refractivity contribution in [3.05, 3.63) is 35.4 Å². The zero-order valence-electron chi connectivity index (χ0n) is 13.9. The Labute approximate surface area is 125 Å². The standard InChI is InChI=1S/C18H32N2/c1-15(2)14-17-8-10-18(11-9-17)16(3)19-12-6-7-13-20(4)5/h8-11,15-16,19H,6-7,12-14H2,1-5H3. The van der Waals surface area contributed by atoms with Crippen molar-refractivity contribution < 1.29 is 0 Å². The van der Waals surface area contributed by atoms with E-state index in [0.717, 1.165) is 12.5 Å². The minimum atomic E-state index is 0.447. The Morgan fingerprint density at radius 2 is 1.65 bits per heavy atom. The van der Waals surface area contributed by atoms with Crippen molar-refractivity contribution >= 4 is 0 Å². The van der Waals surface area contributed by atoms with Gasteiger partial charge in [0, 0.05) is 6.04 Å². The smallest absolute Gasteiger partial charge is 0.0291 e. The van der Waals surface area contributed by atoms with Crippen LogP contribution in [0.4, 0.5) is 0 Å². The molecule has 0 aliphatic heterocycles. The molecule has 0 saturated carbocycles. The molecular weight excluding hydrogens is 244 g/mol. The van der Waals surface area contributed by atoms with E-state index >= 15 is 0 Å². The third-order valence-corrected chi connectivity index (χ3v) is 3.61. The van der Waals surface area contributed by atoms with Gasteiger partial charge in [0.05, 0.1) is 0 Å². The van der Waals surface area contributed by atoms with Crippen LogP contribution in [0.2, 0.25) is 0 Å². The van der Waals surface area contributed by atoms with E-state index in [9.17, 15) is 0 Å². The molecule has 2 nitrogen and oxygen atoms in total. The molecular formula is C18H32N2. The number of benzene rings is 1.